The molecule has 3 rings (SSSR count). The highest BCUT2D eigenvalue weighted by molar-refractivity contribution is 5.94. The van der Waals surface area contributed by atoms with Crippen LogP contribution >= 0.6 is 0 Å². The zero-order valence-electron chi connectivity index (χ0n) is 14.0. The molecule has 130 valence electrons. The summed E-state index contributed by atoms with van der Waals surface area (Å²) in [5.74, 6) is 0.391. The molecule has 1 saturated heterocycles. The minimum atomic E-state index is -0.227. The second kappa shape index (κ2) is 7.83. The van der Waals surface area contributed by atoms with E-state index >= 15 is 0 Å². The van der Waals surface area contributed by atoms with Crippen molar-refractivity contribution in [2.75, 3.05) is 37.7 Å². The van der Waals surface area contributed by atoms with Gasteiger partial charge >= 0.3 is 0 Å². The minimum absolute atomic E-state index is 0.0303. The maximum atomic E-state index is 13.9. The van der Waals surface area contributed by atoms with Gasteiger partial charge in [0.05, 0.1) is 5.69 Å². The normalized spacial score (nSPS) is 14.3. The fourth-order valence-corrected chi connectivity index (χ4v) is 2.92. The highest BCUT2D eigenvalue weighted by atomic mass is 19.1. The van der Waals surface area contributed by atoms with Crippen molar-refractivity contribution < 1.29 is 13.9 Å². The summed E-state index contributed by atoms with van der Waals surface area (Å²) in [5, 5.41) is 0. The van der Waals surface area contributed by atoms with Gasteiger partial charge in [0.2, 0.25) is 0 Å². The van der Waals surface area contributed by atoms with E-state index in [0.29, 0.717) is 49.8 Å². The van der Waals surface area contributed by atoms with E-state index in [1.807, 2.05) is 17.0 Å². The quantitative estimate of drug-likeness (QED) is 0.783. The van der Waals surface area contributed by atoms with Crippen LogP contribution in [0.15, 0.2) is 61.2 Å². The van der Waals surface area contributed by atoms with Gasteiger partial charge in [-0.3, -0.25) is 4.79 Å². The van der Waals surface area contributed by atoms with Crippen molar-refractivity contribution in [3.05, 3.63) is 72.6 Å². The van der Waals surface area contributed by atoms with Crippen molar-refractivity contribution in [3.8, 4) is 5.75 Å². The fraction of sp³-hybridized carbons (Fsp3) is 0.250. The lowest BCUT2D eigenvalue weighted by molar-refractivity contribution is 0.0746. The Morgan fingerprint density at radius 2 is 1.88 bits per heavy atom. The fourth-order valence-electron chi connectivity index (χ4n) is 2.92. The van der Waals surface area contributed by atoms with E-state index in [0.717, 1.165) is 0 Å². The van der Waals surface area contributed by atoms with Gasteiger partial charge in [-0.25, -0.2) is 4.39 Å². The smallest absolute Gasteiger partial charge is 0.254 e. The summed E-state index contributed by atoms with van der Waals surface area (Å²) >= 11 is 0. The summed E-state index contributed by atoms with van der Waals surface area (Å²) in [7, 11) is 0. The molecule has 5 heteroatoms. The molecule has 2 aromatic rings. The van der Waals surface area contributed by atoms with Crippen molar-refractivity contribution in [2.24, 2.45) is 0 Å². The number of anilines is 1. The van der Waals surface area contributed by atoms with E-state index in [9.17, 15) is 9.18 Å². The SMILES string of the molecule is C=CCOc1cccc(C(=O)N2CCN(c3ccccc3F)CC2)c1. The molecule has 0 saturated carbocycles. The van der Waals surface area contributed by atoms with Gasteiger partial charge in [-0.1, -0.05) is 30.9 Å². The third-order valence-electron chi connectivity index (χ3n) is 4.21. The van der Waals surface area contributed by atoms with E-state index in [1.54, 1.807) is 41.3 Å². The number of para-hydroxylation sites is 1. The maximum absolute atomic E-state index is 13.9. The first-order chi connectivity index (χ1) is 12.2. The summed E-state index contributed by atoms with van der Waals surface area (Å²) in [6.45, 7) is 6.36. The van der Waals surface area contributed by atoms with Gasteiger partial charge in [0, 0.05) is 31.7 Å². The van der Waals surface area contributed by atoms with E-state index in [-0.39, 0.29) is 11.7 Å². The van der Waals surface area contributed by atoms with Crippen molar-refractivity contribution >= 4 is 11.6 Å². The molecule has 0 aliphatic carbocycles. The molecule has 0 N–H and O–H groups in total. The molecule has 1 aliphatic rings. The molecule has 0 radical (unpaired) electrons. The molecule has 0 aromatic heterocycles. The minimum Gasteiger partial charge on any atom is -0.490 e. The standard InChI is InChI=1S/C20H21FN2O2/c1-2-14-25-17-7-5-6-16(15-17)20(24)23-12-10-22(11-13-23)19-9-4-3-8-18(19)21/h2-9,15H,1,10-14H2. The zero-order chi connectivity index (χ0) is 17.6. The predicted octanol–water partition coefficient (Wildman–Crippen LogP) is 3.35. The lowest BCUT2D eigenvalue weighted by Crippen LogP contribution is -2.49. The van der Waals surface area contributed by atoms with Crippen LogP contribution in [-0.4, -0.2) is 43.6 Å². The largest absolute Gasteiger partial charge is 0.490 e. The summed E-state index contributed by atoms with van der Waals surface area (Å²) in [6, 6.07) is 13.9. The second-order valence-corrected chi connectivity index (χ2v) is 5.86. The second-order valence-electron chi connectivity index (χ2n) is 5.86. The molecule has 1 amide bonds. The molecule has 4 nitrogen and oxygen atoms in total. The lowest BCUT2D eigenvalue weighted by Gasteiger charge is -2.36. The summed E-state index contributed by atoms with van der Waals surface area (Å²) in [5.41, 5.74) is 1.19. The molecule has 2 aromatic carbocycles. The van der Waals surface area contributed by atoms with Crippen molar-refractivity contribution in [1.82, 2.24) is 4.90 Å². The van der Waals surface area contributed by atoms with Crippen LogP contribution in [0.3, 0.4) is 0 Å². The number of hydrogen-bond donors (Lipinski definition) is 0. The van der Waals surface area contributed by atoms with Crippen LogP contribution in [0.1, 0.15) is 10.4 Å². The van der Waals surface area contributed by atoms with Crippen LogP contribution in [0, 0.1) is 5.82 Å². The third kappa shape index (κ3) is 3.99. The first-order valence-corrected chi connectivity index (χ1v) is 8.31. The number of carbonyl (C=O) groups is 1. The van der Waals surface area contributed by atoms with Gasteiger partial charge < -0.3 is 14.5 Å². The van der Waals surface area contributed by atoms with Crippen LogP contribution < -0.4 is 9.64 Å². The van der Waals surface area contributed by atoms with Gasteiger partial charge in [-0.2, -0.15) is 0 Å². The van der Waals surface area contributed by atoms with Crippen molar-refractivity contribution in [2.45, 2.75) is 0 Å². The van der Waals surface area contributed by atoms with E-state index < -0.39 is 0 Å². The van der Waals surface area contributed by atoms with Gasteiger partial charge in [0.15, 0.2) is 0 Å². The Hall–Kier alpha value is -2.82. The Balaban J connectivity index is 1.64. The van der Waals surface area contributed by atoms with E-state index in [1.165, 1.54) is 6.07 Å². The van der Waals surface area contributed by atoms with Crippen molar-refractivity contribution in [3.63, 3.8) is 0 Å². The number of benzene rings is 2. The number of halogens is 1. The highest BCUT2D eigenvalue weighted by Crippen LogP contribution is 2.21. The molecule has 1 aliphatic heterocycles. The predicted molar refractivity (Wildman–Crippen MR) is 96.7 cm³/mol. The molecule has 0 atom stereocenters. The maximum Gasteiger partial charge on any atom is 0.254 e. The van der Waals surface area contributed by atoms with Gasteiger partial charge in [0.1, 0.15) is 18.2 Å². The van der Waals surface area contributed by atoms with Crippen LogP contribution in [0.5, 0.6) is 5.75 Å². The van der Waals surface area contributed by atoms with Gasteiger partial charge in [0.25, 0.3) is 5.91 Å². The number of amides is 1. The molecule has 1 heterocycles. The van der Waals surface area contributed by atoms with Gasteiger partial charge in [-0.15, -0.1) is 0 Å². The zero-order valence-corrected chi connectivity index (χ0v) is 14.0. The number of ether oxygens (including phenoxy) is 1. The topological polar surface area (TPSA) is 32.8 Å². The van der Waals surface area contributed by atoms with Crippen LogP contribution in [0.25, 0.3) is 0 Å². The Morgan fingerprint density at radius 3 is 2.60 bits per heavy atom. The van der Waals surface area contributed by atoms with E-state index in [4.69, 9.17) is 4.74 Å². The summed E-state index contributed by atoms with van der Waals surface area (Å²) in [4.78, 5) is 16.5. The average molecular weight is 340 g/mol. The number of carbonyl (C=O) groups excluding carboxylic acids is 1. The molecule has 0 bridgehead atoms. The average Bonchev–Trinajstić information content (AvgIpc) is 2.66. The van der Waals surface area contributed by atoms with Crippen molar-refractivity contribution in [1.29, 1.82) is 0 Å². The lowest BCUT2D eigenvalue weighted by atomic mass is 10.1. The Bertz CT molecular complexity index is 755. The molecule has 25 heavy (non-hydrogen) atoms. The third-order valence-corrected chi connectivity index (χ3v) is 4.21. The Morgan fingerprint density at radius 1 is 1.12 bits per heavy atom. The Labute approximate surface area is 147 Å². The van der Waals surface area contributed by atoms with Gasteiger partial charge in [-0.05, 0) is 30.3 Å². The molecule has 1 fully saturated rings. The summed E-state index contributed by atoms with van der Waals surface area (Å²) < 4.78 is 19.4. The molecule has 0 unspecified atom stereocenters. The number of hydrogen-bond acceptors (Lipinski definition) is 3. The molecular weight excluding hydrogens is 319 g/mol. The van der Waals surface area contributed by atoms with E-state index in [2.05, 4.69) is 6.58 Å². The van der Waals surface area contributed by atoms with Crippen LogP contribution in [-0.2, 0) is 0 Å². The molecule has 0 spiro atoms. The number of piperazine rings is 1. The highest BCUT2D eigenvalue weighted by Gasteiger charge is 2.23. The monoisotopic (exact) mass is 340 g/mol. The first kappa shape index (κ1) is 17.0. The van der Waals surface area contributed by atoms with Crippen LogP contribution in [0.2, 0.25) is 0 Å². The number of rotatable bonds is 5. The summed E-state index contributed by atoms with van der Waals surface area (Å²) in [6.07, 6.45) is 1.66. The number of nitrogens with zero attached hydrogens (tertiary/aromatic N) is 2. The molecular formula is C20H21FN2O2. The van der Waals surface area contributed by atoms with Crippen LogP contribution in [0.4, 0.5) is 10.1 Å². The first-order valence-electron chi connectivity index (χ1n) is 8.31. The Kier molecular flexibility index (Phi) is 5.33.